The van der Waals surface area contributed by atoms with Crippen molar-refractivity contribution in [2.45, 2.75) is 12.8 Å². The summed E-state index contributed by atoms with van der Waals surface area (Å²) in [6.07, 6.45) is 0.415. The maximum Gasteiger partial charge on any atom is 0.303 e. The van der Waals surface area contributed by atoms with Gasteiger partial charge in [0, 0.05) is 6.42 Å². The third kappa shape index (κ3) is 3.43. The van der Waals surface area contributed by atoms with Gasteiger partial charge in [0.15, 0.2) is 11.6 Å². The number of para-hydroxylation sites is 1. The predicted molar refractivity (Wildman–Crippen MR) is 48.8 cm³/mol. The fourth-order valence-electron chi connectivity index (χ4n) is 0.967. The van der Waals surface area contributed by atoms with Crippen LogP contribution in [0.2, 0.25) is 0 Å². The van der Waals surface area contributed by atoms with E-state index in [-0.39, 0.29) is 18.8 Å². The molecule has 0 atom stereocenters. The summed E-state index contributed by atoms with van der Waals surface area (Å²) in [4.78, 5) is 10.1. The molecule has 0 bridgehead atoms. The van der Waals surface area contributed by atoms with Crippen LogP contribution in [-0.4, -0.2) is 17.7 Å². The molecule has 3 nitrogen and oxygen atoms in total. The zero-order chi connectivity index (χ0) is 10.4. The number of halogens is 1. The van der Waals surface area contributed by atoms with Crippen molar-refractivity contribution in [3.05, 3.63) is 30.1 Å². The first-order valence-electron chi connectivity index (χ1n) is 4.29. The molecule has 0 aromatic heterocycles. The Morgan fingerprint density at radius 2 is 2.14 bits per heavy atom. The van der Waals surface area contributed by atoms with Gasteiger partial charge in [0.2, 0.25) is 0 Å². The number of aliphatic carboxylic acids is 1. The predicted octanol–water partition coefficient (Wildman–Crippen LogP) is 2.07. The minimum Gasteiger partial charge on any atom is -0.491 e. The average Bonchev–Trinajstić information content (AvgIpc) is 2.15. The van der Waals surface area contributed by atoms with Crippen LogP contribution < -0.4 is 4.74 Å². The molecule has 0 aliphatic heterocycles. The van der Waals surface area contributed by atoms with Crippen molar-refractivity contribution in [1.82, 2.24) is 0 Å². The molecule has 0 saturated carbocycles. The zero-order valence-electron chi connectivity index (χ0n) is 7.57. The second-order valence-electron chi connectivity index (χ2n) is 2.78. The number of hydrogen-bond acceptors (Lipinski definition) is 2. The van der Waals surface area contributed by atoms with Crippen molar-refractivity contribution < 1.29 is 19.0 Å². The number of benzene rings is 1. The summed E-state index contributed by atoms with van der Waals surface area (Å²) in [7, 11) is 0. The lowest BCUT2D eigenvalue weighted by molar-refractivity contribution is -0.137. The van der Waals surface area contributed by atoms with Crippen LogP contribution in [0.5, 0.6) is 5.75 Å². The maximum atomic E-state index is 12.9. The first-order chi connectivity index (χ1) is 6.70. The minimum absolute atomic E-state index is 0.0362. The molecule has 0 amide bonds. The van der Waals surface area contributed by atoms with Gasteiger partial charge in [-0.3, -0.25) is 4.79 Å². The topological polar surface area (TPSA) is 46.5 Å². The Hall–Kier alpha value is -1.58. The van der Waals surface area contributed by atoms with E-state index in [1.54, 1.807) is 12.1 Å². The summed E-state index contributed by atoms with van der Waals surface area (Å²) in [5, 5.41) is 8.34. The van der Waals surface area contributed by atoms with E-state index in [9.17, 15) is 9.18 Å². The molecule has 0 spiro atoms. The Balaban J connectivity index is 2.31. The maximum absolute atomic E-state index is 12.9. The lowest BCUT2D eigenvalue weighted by Gasteiger charge is -2.05. The number of carboxylic acid groups (broad SMARTS) is 1. The minimum atomic E-state index is -0.873. The van der Waals surface area contributed by atoms with E-state index in [0.29, 0.717) is 6.42 Å². The molecular formula is C10H11FO3. The van der Waals surface area contributed by atoms with Gasteiger partial charge in [0.05, 0.1) is 6.61 Å². The fourth-order valence-corrected chi connectivity index (χ4v) is 0.967. The van der Waals surface area contributed by atoms with Gasteiger partial charge in [0.25, 0.3) is 0 Å². The first kappa shape index (κ1) is 10.5. The third-order valence-corrected chi connectivity index (χ3v) is 1.63. The van der Waals surface area contributed by atoms with E-state index in [2.05, 4.69) is 0 Å². The summed E-state index contributed by atoms with van der Waals surface area (Å²) in [5.41, 5.74) is 0. The van der Waals surface area contributed by atoms with Crippen molar-refractivity contribution >= 4 is 5.97 Å². The molecule has 1 aromatic carbocycles. The molecule has 0 heterocycles. The number of hydrogen-bond donors (Lipinski definition) is 1. The molecule has 0 aliphatic carbocycles. The van der Waals surface area contributed by atoms with Crippen LogP contribution in [0.4, 0.5) is 4.39 Å². The number of carboxylic acids is 1. The van der Waals surface area contributed by atoms with E-state index in [4.69, 9.17) is 9.84 Å². The summed E-state index contributed by atoms with van der Waals surface area (Å²) in [5.74, 6) is -1.14. The van der Waals surface area contributed by atoms with Gasteiger partial charge in [-0.2, -0.15) is 0 Å². The smallest absolute Gasteiger partial charge is 0.303 e. The zero-order valence-corrected chi connectivity index (χ0v) is 7.57. The Labute approximate surface area is 81.1 Å². The van der Waals surface area contributed by atoms with Crippen LogP contribution in [0.3, 0.4) is 0 Å². The quantitative estimate of drug-likeness (QED) is 0.736. The van der Waals surface area contributed by atoms with Gasteiger partial charge in [-0.1, -0.05) is 12.1 Å². The van der Waals surface area contributed by atoms with Crippen molar-refractivity contribution in [2.75, 3.05) is 6.61 Å². The van der Waals surface area contributed by atoms with Crippen LogP contribution in [0.1, 0.15) is 12.8 Å². The number of carbonyl (C=O) groups is 1. The molecule has 0 radical (unpaired) electrons. The fraction of sp³-hybridized carbons (Fsp3) is 0.300. The molecule has 1 rings (SSSR count). The van der Waals surface area contributed by atoms with Gasteiger partial charge in [0.1, 0.15) is 0 Å². The van der Waals surface area contributed by atoms with Crippen molar-refractivity contribution in [3.63, 3.8) is 0 Å². The van der Waals surface area contributed by atoms with Gasteiger partial charge < -0.3 is 9.84 Å². The van der Waals surface area contributed by atoms with Crippen LogP contribution in [-0.2, 0) is 4.79 Å². The highest BCUT2D eigenvalue weighted by Gasteiger charge is 2.01. The second-order valence-corrected chi connectivity index (χ2v) is 2.78. The molecular weight excluding hydrogens is 187 g/mol. The highest BCUT2D eigenvalue weighted by molar-refractivity contribution is 5.66. The number of ether oxygens (including phenoxy) is 1. The van der Waals surface area contributed by atoms with Gasteiger partial charge >= 0.3 is 5.97 Å². The molecule has 1 N–H and O–H groups in total. The van der Waals surface area contributed by atoms with Crippen LogP contribution >= 0.6 is 0 Å². The Morgan fingerprint density at radius 1 is 1.43 bits per heavy atom. The first-order valence-corrected chi connectivity index (χ1v) is 4.29. The van der Waals surface area contributed by atoms with Gasteiger partial charge in [-0.05, 0) is 18.6 Å². The highest BCUT2D eigenvalue weighted by atomic mass is 19.1. The number of rotatable bonds is 5. The molecule has 0 saturated heterocycles. The summed E-state index contributed by atoms with van der Waals surface area (Å²) < 4.78 is 18.0. The van der Waals surface area contributed by atoms with Crippen LogP contribution in [0.15, 0.2) is 24.3 Å². The van der Waals surface area contributed by atoms with Gasteiger partial charge in [-0.25, -0.2) is 4.39 Å². The van der Waals surface area contributed by atoms with E-state index in [1.165, 1.54) is 12.1 Å². The third-order valence-electron chi connectivity index (χ3n) is 1.63. The van der Waals surface area contributed by atoms with Crippen molar-refractivity contribution in [2.24, 2.45) is 0 Å². The van der Waals surface area contributed by atoms with Crippen LogP contribution in [0.25, 0.3) is 0 Å². The normalized spacial score (nSPS) is 9.79. The Bertz CT molecular complexity index is 312. The summed E-state index contributed by atoms with van der Waals surface area (Å²) in [6, 6.07) is 6.04. The molecule has 0 unspecified atom stereocenters. The van der Waals surface area contributed by atoms with Crippen molar-refractivity contribution in [3.8, 4) is 5.75 Å². The highest BCUT2D eigenvalue weighted by Crippen LogP contribution is 2.15. The Morgan fingerprint density at radius 3 is 2.79 bits per heavy atom. The SMILES string of the molecule is O=C(O)CCCOc1ccccc1F. The molecule has 4 heteroatoms. The van der Waals surface area contributed by atoms with E-state index in [1.807, 2.05) is 0 Å². The molecule has 0 aliphatic rings. The lowest BCUT2D eigenvalue weighted by atomic mass is 10.3. The average molecular weight is 198 g/mol. The molecule has 0 fully saturated rings. The van der Waals surface area contributed by atoms with E-state index >= 15 is 0 Å². The monoisotopic (exact) mass is 198 g/mol. The lowest BCUT2D eigenvalue weighted by Crippen LogP contribution is -2.02. The summed E-state index contributed by atoms with van der Waals surface area (Å²) >= 11 is 0. The van der Waals surface area contributed by atoms with E-state index in [0.717, 1.165) is 0 Å². The van der Waals surface area contributed by atoms with Crippen molar-refractivity contribution in [1.29, 1.82) is 0 Å². The standard InChI is InChI=1S/C10H11FO3/c11-8-4-1-2-5-9(8)14-7-3-6-10(12)13/h1-2,4-5H,3,6-7H2,(H,12,13). The second kappa shape index (κ2) is 5.21. The molecule has 14 heavy (non-hydrogen) atoms. The van der Waals surface area contributed by atoms with E-state index < -0.39 is 11.8 Å². The molecule has 1 aromatic rings. The van der Waals surface area contributed by atoms with Gasteiger partial charge in [-0.15, -0.1) is 0 Å². The largest absolute Gasteiger partial charge is 0.491 e. The Kier molecular flexibility index (Phi) is 3.91. The molecule has 76 valence electrons. The summed E-state index contributed by atoms with van der Waals surface area (Å²) in [6.45, 7) is 0.216. The van der Waals surface area contributed by atoms with Crippen LogP contribution in [0, 0.1) is 5.82 Å².